The number of piperazine rings is 1. The van der Waals surface area contributed by atoms with Gasteiger partial charge in [0, 0.05) is 44.6 Å². The van der Waals surface area contributed by atoms with Crippen molar-refractivity contribution >= 4 is 0 Å². The lowest BCUT2D eigenvalue weighted by molar-refractivity contribution is 0.130. The van der Waals surface area contributed by atoms with Crippen LogP contribution in [-0.4, -0.2) is 39.6 Å². The number of aryl methyl sites for hydroxylation is 1. The monoisotopic (exact) mass is 222 g/mol. The largest absolute Gasteiger partial charge is 0.337 e. The van der Waals surface area contributed by atoms with E-state index in [1.807, 2.05) is 12.4 Å². The van der Waals surface area contributed by atoms with Crippen molar-refractivity contribution in [2.75, 3.05) is 19.6 Å². The highest BCUT2D eigenvalue weighted by molar-refractivity contribution is 4.95. The first-order valence-corrected chi connectivity index (χ1v) is 6.06. The quantitative estimate of drug-likeness (QED) is 0.828. The maximum Gasteiger partial charge on any atom is 0.122 e. The maximum absolute atomic E-state index is 4.38. The van der Waals surface area contributed by atoms with Gasteiger partial charge in [-0.05, 0) is 13.3 Å². The molecule has 2 rings (SSSR count). The van der Waals surface area contributed by atoms with Crippen molar-refractivity contribution in [3.63, 3.8) is 0 Å². The molecule has 0 spiro atoms. The Morgan fingerprint density at radius 2 is 2.38 bits per heavy atom. The van der Waals surface area contributed by atoms with E-state index < -0.39 is 0 Å². The number of aromatic nitrogens is 2. The molecule has 1 aromatic heterocycles. The number of nitrogens with one attached hydrogen (secondary N) is 1. The van der Waals surface area contributed by atoms with Crippen molar-refractivity contribution in [1.29, 1.82) is 0 Å². The first-order valence-electron chi connectivity index (χ1n) is 6.06. The highest BCUT2D eigenvalue weighted by Gasteiger charge is 2.28. The average Bonchev–Trinajstić information content (AvgIpc) is 2.65. The normalized spacial score (nSPS) is 27.2. The fraction of sp³-hybridized carbons (Fsp3) is 0.750. The molecule has 0 bridgehead atoms. The fourth-order valence-electron chi connectivity index (χ4n) is 2.26. The van der Waals surface area contributed by atoms with Gasteiger partial charge in [-0.2, -0.15) is 0 Å². The van der Waals surface area contributed by atoms with E-state index in [4.69, 9.17) is 0 Å². The molecule has 0 amide bonds. The highest BCUT2D eigenvalue weighted by Crippen LogP contribution is 2.16. The molecule has 0 aliphatic carbocycles. The van der Waals surface area contributed by atoms with E-state index in [9.17, 15) is 0 Å². The Hall–Kier alpha value is -0.870. The number of hydrogen-bond acceptors (Lipinski definition) is 3. The van der Waals surface area contributed by atoms with Gasteiger partial charge >= 0.3 is 0 Å². The summed E-state index contributed by atoms with van der Waals surface area (Å²) in [6, 6.07) is 0. The van der Waals surface area contributed by atoms with Gasteiger partial charge in [0.1, 0.15) is 5.82 Å². The van der Waals surface area contributed by atoms with E-state index >= 15 is 0 Å². The van der Waals surface area contributed by atoms with Crippen LogP contribution < -0.4 is 5.32 Å². The molecule has 1 fully saturated rings. The third-order valence-corrected chi connectivity index (χ3v) is 3.62. The molecule has 4 heteroatoms. The SMILES string of the molecule is CCC1(C)CN(Cc2nccn2C)CCN1. The predicted octanol–water partition coefficient (Wildman–Crippen LogP) is 0.994. The van der Waals surface area contributed by atoms with E-state index in [1.165, 1.54) is 6.42 Å². The Kier molecular flexibility index (Phi) is 3.30. The second kappa shape index (κ2) is 4.55. The van der Waals surface area contributed by atoms with Gasteiger partial charge in [-0.1, -0.05) is 6.92 Å². The molecule has 0 radical (unpaired) electrons. The fourth-order valence-corrected chi connectivity index (χ4v) is 2.26. The van der Waals surface area contributed by atoms with Crippen LogP contribution >= 0.6 is 0 Å². The second-order valence-electron chi connectivity index (χ2n) is 5.01. The van der Waals surface area contributed by atoms with Gasteiger partial charge in [0.15, 0.2) is 0 Å². The molecular weight excluding hydrogens is 200 g/mol. The Balaban J connectivity index is 1.98. The molecule has 1 saturated heterocycles. The highest BCUT2D eigenvalue weighted by atomic mass is 15.2. The summed E-state index contributed by atoms with van der Waals surface area (Å²) in [7, 11) is 2.06. The molecule has 90 valence electrons. The van der Waals surface area contributed by atoms with E-state index in [-0.39, 0.29) is 5.54 Å². The van der Waals surface area contributed by atoms with Crippen LogP contribution in [0.5, 0.6) is 0 Å². The predicted molar refractivity (Wildman–Crippen MR) is 65.2 cm³/mol. The molecule has 1 atom stereocenters. The standard InChI is InChI=1S/C12H22N4/c1-4-12(2)10-16(8-6-14-12)9-11-13-5-7-15(11)3/h5,7,14H,4,6,8-10H2,1-3H3. The summed E-state index contributed by atoms with van der Waals surface area (Å²) in [5, 5.41) is 3.60. The zero-order valence-corrected chi connectivity index (χ0v) is 10.5. The Labute approximate surface area is 97.7 Å². The Morgan fingerprint density at radius 1 is 1.56 bits per heavy atom. The van der Waals surface area contributed by atoms with Crippen molar-refractivity contribution in [1.82, 2.24) is 19.8 Å². The lowest BCUT2D eigenvalue weighted by Crippen LogP contribution is -2.58. The van der Waals surface area contributed by atoms with Crippen LogP contribution in [0.15, 0.2) is 12.4 Å². The average molecular weight is 222 g/mol. The summed E-state index contributed by atoms with van der Waals surface area (Å²) < 4.78 is 2.10. The van der Waals surface area contributed by atoms with E-state index in [0.29, 0.717) is 0 Å². The first kappa shape index (κ1) is 11.6. The lowest BCUT2D eigenvalue weighted by Gasteiger charge is -2.40. The molecule has 1 unspecified atom stereocenters. The van der Waals surface area contributed by atoms with Crippen LogP contribution in [0.2, 0.25) is 0 Å². The molecule has 1 aromatic rings. The van der Waals surface area contributed by atoms with Crippen LogP contribution in [0.3, 0.4) is 0 Å². The third-order valence-electron chi connectivity index (χ3n) is 3.62. The molecular formula is C12H22N4. The molecule has 2 heterocycles. The van der Waals surface area contributed by atoms with Gasteiger partial charge in [0.05, 0.1) is 6.54 Å². The van der Waals surface area contributed by atoms with Crippen LogP contribution in [0.4, 0.5) is 0 Å². The summed E-state index contributed by atoms with van der Waals surface area (Å²) in [6.07, 6.45) is 5.05. The topological polar surface area (TPSA) is 33.1 Å². The number of hydrogen-bond donors (Lipinski definition) is 1. The van der Waals surface area contributed by atoms with E-state index in [1.54, 1.807) is 0 Å². The minimum Gasteiger partial charge on any atom is -0.337 e. The summed E-state index contributed by atoms with van der Waals surface area (Å²) >= 11 is 0. The summed E-state index contributed by atoms with van der Waals surface area (Å²) in [4.78, 5) is 6.87. The molecule has 1 aliphatic heterocycles. The van der Waals surface area contributed by atoms with Gasteiger partial charge < -0.3 is 9.88 Å². The number of rotatable bonds is 3. The third kappa shape index (κ3) is 2.44. The summed E-state index contributed by atoms with van der Waals surface area (Å²) in [6.45, 7) is 8.81. The van der Waals surface area contributed by atoms with Crippen molar-refractivity contribution in [2.24, 2.45) is 7.05 Å². The molecule has 0 saturated carbocycles. The second-order valence-corrected chi connectivity index (χ2v) is 5.01. The van der Waals surface area contributed by atoms with Gasteiger partial charge in [-0.25, -0.2) is 4.98 Å². The first-order chi connectivity index (χ1) is 7.63. The molecule has 1 N–H and O–H groups in total. The van der Waals surface area contributed by atoms with Crippen LogP contribution in [0.25, 0.3) is 0 Å². The van der Waals surface area contributed by atoms with Crippen LogP contribution in [0.1, 0.15) is 26.1 Å². The lowest BCUT2D eigenvalue weighted by atomic mass is 9.96. The zero-order valence-electron chi connectivity index (χ0n) is 10.5. The Bertz CT molecular complexity index is 347. The molecule has 16 heavy (non-hydrogen) atoms. The van der Waals surface area contributed by atoms with Gasteiger partial charge in [-0.3, -0.25) is 4.90 Å². The van der Waals surface area contributed by atoms with Gasteiger partial charge in [0.2, 0.25) is 0 Å². The van der Waals surface area contributed by atoms with Gasteiger partial charge in [0.25, 0.3) is 0 Å². The van der Waals surface area contributed by atoms with E-state index in [2.05, 4.69) is 40.7 Å². The molecule has 1 aliphatic rings. The molecule has 4 nitrogen and oxygen atoms in total. The number of imidazole rings is 1. The zero-order chi connectivity index (χ0) is 11.6. The smallest absolute Gasteiger partial charge is 0.122 e. The minimum absolute atomic E-state index is 0.267. The van der Waals surface area contributed by atoms with Crippen molar-refractivity contribution < 1.29 is 0 Å². The van der Waals surface area contributed by atoms with Crippen molar-refractivity contribution in [2.45, 2.75) is 32.4 Å². The van der Waals surface area contributed by atoms with Crippen molar-refractivity contribution in [3.8, 4) is 0 Å². The Morgan fingerprint density at radius 3 is 3.00 bits per heavy atom. The van der Waals surface area contributed by atoms with Gasteiger partial charge in [-0.15, -0.1) is 0 Å². The molecule has 0 aromatic carbocycles. The number of nitrogens with zero attached hydrogens (tertiary/aromatic N) is 3. The maximum atomic E-state index is 4.38. The summed E-state index contributed by atoms with van der Waals surface area (Å²) in [5.74, 6) is 1.15. The summed E-state index contributed by atoms with van der Waals surface area (Å²) in [5.41, 5.74) is 0.267. The van der Waals surface area contributed by atoms with Crippen LogP contribution in [-0.2, 0) is 13.6 Å². The van der Waals surface area contributed by atoms with E-state index in [0.717, 1.165) is 32.0 Å². The minimum atomic E-state index is 0.267. The van der Waals surface area contributed by atoms with Crippen LogP contribution in [0, 0.1) is 0 Å². The van der Waals surface area contributed by atoms with Crippen molar-refractivity contribution in [3.05, 3.63) is 18.2 Å².